The fourth-order valence-electron chi connectivity index (χ4n) is 4.33. The summed E-state index contributed by atoms with van der Waals surface area (Å²) in [7, 11) is 0. The number of carbonyl (C=O) groups excluding carboxylic acids is 1. The molecule has 0 aliphatic heterocycles. The van der Waals surface area contributed by atoms with Gasteiger partial charge >= 0.3 is 5.97 Å². The molecule has 0 saturated heterocycles. The SMILES string of the molecule is C=C1CC2(C)CC1C(c1ccccc1)=C2/C=C/C(O)CC(=O)CC(=O)O. The summed E-state index contributed by atoms with van der Waals surface area (Å²) in [6, 6.07) is 10.2. The zero-order valence-corrected chi connectivity index (χ0v) is 14.9. The molecule has 0 heterocycles. The fourth-order valence-corrected chi connectivity index (χ4v) is 4.33. The van der Waals surface area contributed by atoms with Crippen LogP contribution in [0.3, 0.4) is 0 Å². The molecule has 0 aromatic heterocycles. The molecule has 0 amide bonds. The Morgan fingerprint density at radius 3 is 2.69 bits per heavy atom. The Hall–Kier alpha value is -2.46. The summed E-state index contributed by atoms with van der Waals surface area (Å²) >= 11 is 0. The van der Waals surface area contributed by atoms with Crippen LogP contribution in [-0.4, -0.2) is 28.1 Å². The first-order valence-corrected chi connectivity index (χ1v) is 8.87. The van der Waals surface area contributed by atoms with Gasteiger partial charge in [-0.15, -0.1) is 0 Å². The number of ketones is 1. The molecule has 4 nitrogen and oxygen atoms in total. The molecule has 1 saturated carbocycles. The van der Waals surface area contributed by atoms with Gasteiger partial charge < -0.3 is 10.2 Å². The number of benzene rings is 1. The predicted octanol–water partition coefficient (Wildman–Crippen LogP) is 3.78. The fraction of sp³-hybridized carbons (Fsp3) is 0.364. The number of aliphatic hydroxyl groups is 1. The quantitative estimate of drug-likeness (QED) is 0.578. The second kappa shape index (κ2) is 7.04. The number of carboxylic acid groups (broad SMARTS) is 1. The van der Waals surface area contributed by atoms with E-state index in [1.807, 2.05) is 24.3 Å². The number of fused-ring (bicyclic) bond motifs is 2. The summed E-state index contributed by atoms with van der Waals surface area (Å²) in [6.45, 7) is 6.46. The maximum atomic E-state index is 11.6. The smallest absolute Gasteiger partial charge is 0.310 e. The Balaban J connectivity index is 1.87. The number of Topliss-reactive ketones (excluding diaryl/α,β-unsaturated/α-hetero) is 1. The number of carboxylic acids is 1. The normalized spacial score (nSPS) is 25.9. The number of hydrogen-bond donors (Lipinski definition) is 2. The van der Waals surface area contributed by atoms with Crippen LogP contribution in [0.15, 0.2) is 60.2 Å². The highest BCUT2D eigenvalue weighted by molar-refractivity contribution is 5.95. The lowest BCUT2D eigenvalue weighted by Gasteiger charge is -2.27. The zero-order valence-electron chi connectivity index (χ0n) is 14.9. The molecule has 1 fully saturated rings. The van der Waals surface area contributed by atoms with Gasteiger partial charge in [-0.1, -0.05) is 61.6 Å². The topological polar surface area (TPSA) is 74.6 Å². The minimum atomic E-state index is -1.17. The van der Waals surface area contributed by atoms with Crippen LogP contribution in [0.1, 0.15) is 38.2 Å². The standard InChI is InChI=1S/C22H24O4/c1-14-12-22(2)13-18(14)21(15-6-4-3-5-7-15)19(22)9-8-16(23)10-17(24)11-20(25)26/h3-9,16,18,23H,1,10-13H2,2H3,(H,25,26)/b9-8+. The molecule has 1 aromatic carbocycles. The third kappa shape index (κ3) is 3.56. The van der Waals surface area contributed by atoms with Crippen molar-refractivity contribution in [2.45, 2.75) is 38.7 Å². The van der Waals surface area contributed by atoms with Crippen molar-refractivity contribution >= 4 is 17.3 Å². The molecule has 26 heavy (non-hydrogen) atoms. The van der Waals surface area contributed by atoms with Gasteiger partial charge in [0.15, 0.2) is 0 Å². The molecule has 2 bridgehead atoms. The van der Waals surface area contributed by atoms with Crippen molar-refractivity contribution in [3.05, 3.63) is 65.8 Å². The summed E-state index contributed by atoms with van der Waals surface area (Å²) in [5.41, 5.74) is 4.85. The lowest BCUT2D eigenvalue weighted by Crippen LogP contribution is -2.16. The Bertz CT molecular complexity index is 803. The van der Waals surface area contributed by atoms with Gasteiger partial charge in [0.1, 0.15) is 12.2 Å². The molecule has 3 unspecified atom stereocenters. The summed E-state index contributed by atoms with van der Waals surface area (Å²) < 4.78 is 0. The van der Waals surface area contributed by atoms with E-state index < -0.39 is 24.3 Å². The maximum absolute atomic E-state index is 11.6. The molecular formula is C22H24O4. The summed E-state index contributed by atoms with van der Waals surface area (Å²) in [4.78, 5) is 22.2. The van der Waals surface area contributed by atoms with Crippen LogP contribution in [-0.2, 0) is 9.59 Å². The van der Waals surface area contributed by atoms with E-state index in [2.05, 4.69) is 25.6 Å². The lowest BCUT2D eigenvalue weighted by atomic mass is 9.77. The van der Waals surface area contributed by atoms with Gasteiger partial charge in [-0.2, -0.15) is 0 Å². The number of aliphatic hydroxyl groups excluding tert-OH is 1. The number of carbonyl (C=O) groups is 2. The molecule has 2 aliphatic carbocycles. The molecule has 3 rings (SSSR count). The van der Waals surface area contributed by atoms with Gasteiger partial charge in [-0.3, -0.25) is 9.59 Å². The minimum absolute atomic E-state index is 0.00574. The van der Waals surface area contributed by atoms with Crippen molar-refractivity contribution in [2.75, 3.05) is 0 Å². The number of rotatable bonds is 7. The molecule has 3 atom stereocenters. The third-order valence-corrected chi connectivity index (χ3v) is 5.41. The number of allylic oxidation sites excluding steroid dienone is 4. The first-order chi connectivity index (χ1) is 12.3. The van der Waals surface area contributed by atoms with E-state index in [1.54, 1.807) is 6.08 Å². The van der Waals surface area contributed by atoms with Crippen molar-refractivity contribution in [2.24, 2.45) is 11.3 Å². The van der Waals surface area contributed by atoms with E-state index >= 15 is 0 Å². The molecule has 0 radical (unpaired) electrons. The van der Waals surface area contributed by atoms with Crippen LogP contribution >= 0.6 is 0 Å². The largest absolute Gasteiger partial charge is 0.481 e. The second-order valence-electron chi connectivity index (χ2n) is 7.59. The summed E-state index contributed by atoms with van der Waals surface area (Å²) in [6.07, 6.45) is 3.79. The Kier molecular flexibility index (Phi) is 4.97. The van der Waals surface area contributed by atoms with Crippen molar-refractivity contribution in [1.29, 1.82) is 0 Å². The number of hydrogen-bond acceptors (Lipinski definition) is 3. The van der Waals surface area contributed by atoms with E-state index in [0.717, 1.165) is 18.4 Å². The average molecular weight is 352 g/mol. The van der Waals surface area contributed by atoms with Crippen LogP contribution in [0, 0.1) is 11.3 Å². The van der Waals surface area contributed by atoms with Crippen LogP contribution in [0.4, 0.5) is 0 Å². The molecular weight excluding hydrogens is 328 g/mol. The van der Waals surface area contributed by atoms with Gasteiger partial charge in [0.25, 0.3) is 0 Å². The first-order valence-electron chi connectivity index (χ1n) is 8.87. The lowest BCUT2D eigenvalue weighted by molar-refractivity contribution is -0.140. The van der Waals surface area contributed by atoms with Crippen molar-refractivity contribution in [3.8, 4) is 0 Å². The Labute approximate surface area is 153 Å². The zero-order chi connectivity index (χ0) is 18.9. The molecule has 2 N–H and O–H groups in total. The third-order valence-electron chi connectivity index (χ3n) is 5.41. The maximum Gasteiger partial charge on any atom is 0.310 e. The van der Waals surface area contributed by atoms with Crippen LogP contribution in [0.25, 0.3) is 5.57 Å². The van der Waals surface area contributed by atoms with Gasteiger partial charge in [-0.05, 0) is 35.0 Å². The van der Waals surface area contributed by atoms with Gasteiger partial charge in [0, 0.05) is 12.3 Å². The summed E-state index contributed by atoms with van der Waals surface area (Å²) in [5.74, 6) is -1.31. The van der Waals surface area contributed by atoms with Crippen LogP contribution in [0.5, 0.6) is 0 Å². The Morgan fingerprint density at radius 2 is 2.04 bits per heavy atom. The van der Waals surface area contributed by atoms with Gasteiger partial charge in [-0.25, -0.2) is 0 Å². The molecule has 2 aliphatic rings. The monoisotopic (exact) mass is 352 g/mol. The Morgan fingerprint density at radius 1 is 1.35 bits per heavy atom. The molecule has 4 heteroatoms. The van der Waals surface area contributed by atoms with Crippen molar-refractivity contribution in [3.63, 3.8) is 0 Å². The molecule has 1 aromatic rings. The highest BCUT2D eigenvalue weighted by Gasteiger charge is 2.48. The van der Waals surface area contributed by atoms with E-state index in [0.29, 0.717) is 5.92 Å². The highest BCUT2D eigenvalue weighted by atomic mass is 16.4. The predicted molar refractivity (Wildman–Crippen MR) is 100 cm³/mol. The van der Waals surface area contributed by atoms with Gasteiger partial charge in [0.05, 0.1) is 6.10 Å². The molecule has 0 spiro atoms. The van der Waals surface area contributed by atoms with Crippen molar-refractivity contribution in [1.82, 2.24) is 0 Å². The average Bonchev–Trinajstić information content (AvgIpc) is 3.01. The van der Waals surface area contributed by atoms with E-state index in [-0.39, 0.29) is 11.8 Å². The van der Waals surface area contributed by atoms with E-state index in [4.69, 9.17) is 5.11 Å². The summed E-state index contributed by atoms with van der Waals surface area (Å²) in [5, 5.41) is 18.8. The second-order valence-corrected chi connectivity index (χ2v) is 7.59. The minimum Gasteiger partial charge on any atom is -0.481 e. The van der Waals surface area contributed by atoms with Crippen LogP contribution in [0.2, 0.25) is 0 Å². The highest BCUT2D eigenvalue weighted by Crippen LogP contribution is 2.62. The van der Waals surface area contributed by atoms with Crippen LogP contribution < -0.4 is 0 Å². The van der Waals surface area contributed by atoms with E-state index in [9.17, 15) is 14.7 Å². The molecule has 136 valence electrons. The van der Waals surface area contributed by atoms with Gasteiger partial charge in [0.2, 0.25) is 0 Å². The van der Waals surface area contributed by atoms with Crippen molar-refractivity contribution < 1.29 is 19.8 Å². The first kappa shape index (κ1) is 18.3. The van der Waals surface area contributed by atoms with E-state index in [1.165, 1.54) is 16.7 Å². The number of aliphatic carboxylic acids is 1.